The van der Waals surface area contributed by atoms with Gasteiger partial charge < -0.3 is 0 Å². The molecule has 7 heavy (non-hydrogen) atoms. The van der Waals surface area contributed by atoms with Crippen LogP contribution in [0.25, 0.3) is 0 Å². The van der Waals surface area contributed by atoms with Crippen molar-refractivity contribution < 1.29 is 9.94 Å². The molecule has 1 rings (SSSR count). The molecule has 0 bridgehead atoms. The van der Waals surface area contributed by atoms with Crippen LogP contribution in [0.2, 0.25) is 0 Å². The van der Waals surface area contributed by atoms with Crippen LogP contribution in [0.15, 0.2) is 12.3 Å². The molecular weight excluding hydrogens is 92.8 g/mol. The van der Waals surface area contributed by atoms with E-state index in [-0.39, 0.29) is 5.65 Å². The molecule has 0 aliphatic carbocycles. The number of nitrogens with one attached hydrogen (secondary N) is 1. The van der Waals surface area contributed by atoms with Crippen molar-refractivity contribution in [1.82, 2.24) is 5.39 Å². The molecule has 1 aliphatic heterocycles. The van der Waals surface area contributed by atoms with Crippen LogP contribution >= 0.6 is 0 Å². The van der Waals surface area contributed by atoms with Crippen LogP contribution in [0, 0.1) is 0 Å². The third-order valence-electron chi connectivity index (χ3n) is 0.582. The predicted molar refractivity (Wildman–Crippen MR) is 26.1 cm³/mol. The van der Waals surface area contributed by atoms with Crippen LogP contribution in [0.4, 0.5) is 0 Å². The molecule has 1 heterocycles. The van der Waals surface area contributed by atoms with E-state index in [1.54, 1.807) is 0 Å². The first kappa shape index (κ1) is 4.24. The van der Waals surface area contributed by atoms with Gasteiger partial charge in [-0.05, 0) is 0 Å². The van der Waals surface area contributed by atoms with Crippen LogP contribution in [0.5, 0.6) is 0 Å². The molecule has 2 N–H and O–H groups in total. The van der Waals surface area contributed by atoms with E-state index in [1.807, 2.05) is 0 Å². The maximum absolute atomic E-state index is 8.54. The maximum atomic E-state index is 8.54. The monoisotopic (exact) mass is 97.0 g/mol. The van der Waals surface area contributed by atoms with Crippen LogP contribution in [0.1, 0.15) is 0 Å². The molecule has 0 aromatic rings. The number of aliphatic hydroxyl groups is 1. The quantitative estimate of drug-likeness (QED) is 0.387. The summed E-state index contributed by atoms with van der Waals surface area (Å²) >= 11 is 0. The zero-order valence-electron chi connectivity index (χ0n) is 3.59. The van der Waals surface area contributed by atoms with Crippen molar-refractivity contribution in [2.24, 2.45) is 0 Å². The second-order valence-corrected chi connectivity index (χ2v) is 1.11. The Morgan fingerprint density at radius 1 is 1.86 bits per heavy atom. The average Bonchev–Trinajstić information content (AvgIpc) is 1.69. The normalized spacial score (nSPS) is 15.7. The third-order valence-corrected chi connectivity index (χ3v) is 0.582. The Morgan fingerprint density at radius 2 is 2.71 bits per heavy atom. The van der Waals surface area contributed by atoms with Crippen molar-refractivity contribution in [2.75, 3.05) is 0 Å². The first-order chi connectivity index (χ1) is 3.39. The predicted octanol–water partition coefficient (Wildman–Crippen LogP) is -0.843. The molecule has 0 atom stereocenters. The first-order valence-electron chi connectivity index (χ1n) is 1.86. The van der Waals surface area contributed by atoms with E-state index in [1.165, 1.54) is 19.4 Å². The Hall–Kier alpha value is -0.925. The molecule has 1 aliphatic rings. The Balaban J connectivity index is 2.58. The third kappa shape index (κ3) is 0.959. The van der Waals surface area contributed by atoms with Crippen molar-refractivity contribution >= 4 is 12.7 Å². The summed E-state index contributed by atoms with van der Waals surface area (Å²) in [5, 5.41) is 10.9. The van der Waals surface area contributed by atoms with Gasteiger partial charge in [-0.15, -0.1) is 0 Å². The minimum absolute atomic E-state index is 0.172. The van der Waals surface area contributed by atoms with Gasteiger partial charge in [0.15, 0.2) is 0 Å². The van der Waals surface area contributed by atoms with Crippen LogP contribution in [0.3, 0.4) is 0 Å². The van der Waals surface area contributed by atoms with Gasteiger partial charge in [-0.3, -0.25) is 0 Å². The topological polar surface area (TPSA) is 41.5 Å². The fourth-order valence-corrected chi connectivity index (χ4v) is 0.286. The van der Waals surface area contributed by atoms with Gasteiger partial charge in [0.05, 0.1) is 0 Å². The van der Waals surface area contributed by atoms with Gasteiger partial charge in [0.25, 0.3) is 0 Å². The number of aliphatic hydroxyl groups excluding tert-OH is 1. The molecule has 0 amide bonds. The van der Waals surface area contributed by atoms with Gasteiger partial charge in [-0.2, -0.15) is 0 Å². The van der Waals surface area contributed by atoms with E-state index < -0.39 is 0 Å². The molecule has 0 spiro atoms. The second kappa shape index (κ2) is 1.68. The van der Waals surface area contributed by atoms with Crippen molar-refractivity contribution in [1.29, 1.82) is 0 Å². The molecule has 3 nitrogen and oxygen atoms in total. The van der Waals surface area contributed by atoms with Crippen LogP contribution < -0.4 is 5.39 Å². The fourth-order valence-electron chi connectivity index (χ4n) is 0.286. The van der Waals surface area contributed by atoms with Crippen molar-refractivity contribution in [3.63, 3.8) is 0 Å². The van der Waals surface area contributed by atoms with Crippen molar-refractivity contribution in [2.45, 2.75) is 0 Å². The summed E-state index contributed by atoms with van der Waals surface area (Å²) in [5.41, 5.74) is 0.172. The summed E-state index contributed by atoms with van der Waals surface area (Å²) in [6.45, 7) is 0. The molecule has 0 unspecified atom stereocenters. The summed E-state index contributed by atoms with van der Waals surface area (Å²) in [6.07, 6.45) is 2.80. The fraction of sp³-hybridized carbons (Fsp3) is 0. The van der Waals surface area contributed by atoms with Crippen LogP contribution in [-0.2, 0) is 4.84 Å². The van der Waals surface area contributed by atoms with E-state index in [2.05, 4.69) is 10.2 Å². The van der Waals surface area contributed by atoms with Crippen LogP contribution in [-0.4, -0.2) is 17.8 Å². The summed E-state index contributed by atoms with van der Waals surface area (Å²) in [4.78, 5) is 4.47. The number of rotatable bonds is 0. The molecule has 4 heteroatoms. The van der Waals surface area contributed by atoms with E-state index in [0.717, 1.165) is 0 Å². The zero-order chi connectivity index (χ0) is 5.11. The summed E-state index contributed by atoms with van der Waals surface area (Å²) < 4.78 is 0. The second-order valence-electron chi connectivity index (χ2n) is 1.11. The Morgan fingerprint density at radius 3 is 3.00 bits per heavy atom. The van der Waals surface area contributed by atoms with E-state index in [0.29, 0.717) is 0 Å². The SMILES string of the molecule is OC1=BNOC=C1. The zero-order valence-corrected chi connectivity index (χ0v) is 3.59. The van der Waals surface area contributed by atoms with Gasteiger partial charge >= 0.3 is 40.4 Å². The first-order valence-corrected chi connectivity index (χ1v) is 1.86. The molecule has 0 fully saturated rings. The molecule has 0 aromatic carbocycles. The summed E-state index contributed by atoms with van der Waals surface area (Å²) in [7, 11) is 1.35. The molecule has 0 saturated heterocycles. The molecular formula is C3H4BNO2. The van der Waals surface area contributed by atoms with Gasteiger partial charge in [0, 0.05) is 0 Å². The molecule has 36 valence electrons. The standard InChI is InChI=1S/C3H4BNO2/c6-3-1-2-7-5-4-3/h1-2,5-6H. The van der Waals surface area contributed by atoms with Gasteiger partial charge in [-0.1, -0.05) is 0 Å². The molecule has 0 radical (unpaired) electrons. The number of hydrogen-bond acceptors (Lipinski definition) is 3. The Kier molecular flexibility index (Phi) is 1.02. The van der Waals surface area contributed by atoms with E-state index in [9.17, 15) is 0 Å². The van der Waals surface area contributed by atoms with Gasteiger partial charge in [0.1, 0.15) is 0 Å². The molecule has 0 aromatic heterocycles. The van der Waals surface area contributed by atoms with E-state index in [4.69, 9.17) is 5.11 Å². The van der Waals surface area contributed by atoms with Crippen molar-refractivity contribution in [3.8, 4) is 0 Å². The minimum atomic E-state index is 0.172. The van der Waals surface area contributed by atoms with Gasteiger partial charge in [-0.25, -0.2) is 0 Å². The summed E-state index contributed by atoms with van der Waals surface area (Å²) in [6, 6.07) is 0. The van der Waals surface area contributed by atoms with Gasteiger partial charge in [0.2, 0.25) is 0 Å². The summed E-state index contributed by atoms with van der Waals surface area (Å²) in [5.74, 6) is 0. The molecule has 0 saturated carbocycles. The Bertz CT molecular complexity index is 120. The van der Waals surface area contributed by atoms with E-state index >= 15 is 0 Å². The number of hydrogen-bond donors (Lipinski definition) is 2. The Labute approximate surface area is 41.5 Å². The average molecular weight is 96.9 g/mol. The van der Waals surface area contributed by atoms with Crippen molar-refractivity contribution in [3.05, 3.63) is 12.3 Å².